The van der Waals surface area contributed by atoms with Gasteiger partial charge in [-0.15, -0.1) is 0 Å². The smallest absolute Gasteiger partial charge is 0.310 e. The molecule has 0 aliphatic rings. The molecule has 0 spiro atoms. The molecule has 6 nitrogen and oxygen atoms in total. The number of amides is 1. The fraction of sp³-hybridized carbons (Fsp3) is 0.529. The Balaban J connectivity index is 2.70. The lowest BCUT2D eigenvalue weighted by Gasteiger charge is -2.24. The maximum Gasteiger partial charge on any atom is 0.310 e. The molecule has 1 rings (SSSR count). The predicted molar refractivity (Wildman–Crippen MR) is 87.8 cm³/mol. The molecule has 0 saturated heterocycles. The molecule has 1 aromatic carbocycles. The number of benzene rings is 1. The van der Waals surface area contributed by atoms with Crippen LogP contribution in [0.1, 0.15) is 32.3 Å². The zero-order valence-corrected chi connectivity index (χ0v) is 14.0. The van der Waals surface area contributed by atoms with E-state index in [4.69, 9.17) is 10.5 Å². The molecule has 0 fully saturated rings. The van der Waals surface area contributed by atoms with Crippen LogP contribution in [0.25, 0.3) is 0 Å². The molecule has 0 radical (unpaired) electrons. The van der Waals surface area contributed by atoms with Crippen molar-refractivity contribution in [2.24, 2.45) is 11.7 Å². The number of carbonyl (C=O) groups is 2. The maximum atomic E-state index is 12.1. The van der Waals surface area contributed by atoms with Gasteiger partial charge in [0.25, 0.3) is 0 Å². The number of nitrogens with one attached hydrogen (secondary N) is 1. The number of carbonyl (C=O) groups excluding carboxylic acids is 2. The number of aromatic hydroxyl groups is 1. The minimum absolute atomic E-state index is 0.156. The first kappa shape index (κ1) is 19.0. The van der Waals surface area contributed by atoms with Crippen LogP contribution >= 0.6 is 0 Å². The molecule has 1 amide bonds. The van der Waals surface area contributed by atoms with E-state index in [1.54, 1.807) is 31.2 Å². The molecule has 0 heterocycles. The number of esters is 1. The van der Waals surface area contributed by atoms with Gasteiger partial charge < -0.3 is 20.9 Å². The average molecular weight is 322 g/mol. The molecule has 2 atom stereocenters. The summed E-state index contributed by atoms with van der Waals surface area (Å²) in [6, 6.07) is 6.58. The lowest BCUT2D eigenvalue weighted by atomic mass is 9.95. The summed E-state index contributed by atoms with van der Waals surface area (Å²) in [5, 5.41) is 12.0. The van der Waals surface area contributed by atoms with Gasteiger partial charge in [0, 0.05) is 6.54 Å². The highest BCUT2D eigenvalue weighted by atomic mass is 16.5. The lowest BCUT2D eigenvalue weighted by Crippen LogP contribution is -2.52. The minimum atomic E-state index is -0.950. The fourth-order valence-electron chi connectivity index (χ4n) is 2.37. The second-order valence-electron chi connectivity index (χ2n) is 5.97. The number of ether oxygens (including phenoxy) is 1. The molecule has 1 aromatic rings. The highest BCUT2D eigenvalue weighted by Gasteiger charge is 2.29. The van der Waals surface area contributed by atoms with Crippen LogP contribution in [0.4, 0.5) is 0 Å². The van der Waals surface area contributed by atoms with Gasteiger partial charge in [-0.05, 0) is 37.5 Å². The SMILES string of the molecule is CCCC(C)(N)C(=O)NCC(Cc1ccc(O)cc1)C(=O)OC. The number of rotatable bonds is 8. The minimum Gasteiger partial charge on any atom is -0.508 e. The number of phenols is 1. The van der Waals surface area contributed by atoms with Crippen LogP contribution in [-0.2, 0) is 20.7 Å². The van der Waals surface area contributed by atoms with Crippen LogP contribution in [0.3, 0.4) is 0 Å². The van der Waals surface area contributed by atoms with Crippen molar-refractivity contribution < 1.29 is 19.4 Å². The van der Waals surface area contributed by atoms with Crippen LogP contribution in [0.15, 0.2) is 24.3 Å². The Bertz CT molecular complexity index is 526. The summed E-state index contributed by atoms with van der Waals surface area (Å²) >= 11 is 0. The van der Waals surface area contributed by atoms with E-state index in [0.717, 1.165) is 12.0 Å². The molecule has 0 bridgehead atoms. The van der Waals surface area contributed by atoms with E-state index in [1.165, 1.54) is 7.11 Å². The van der Waals surface area contributed by atoms with Crippen molar-refractivity contribution in [1.82, 2.24) is 5.32 Å². The number of phenolic OH excluding ortho intramolecular Hbond substituents is 1. The Hall–Kier alpha value is -2.08. The van der Waals surface area contributed by atoms with Crippen molar-refractivity contribution in [2.45, 2.75) is 38.6 Å². The van der Waals surface area contributed by atoms with Crippen LogP contribution in [0.2, 0.25) is 0 Å². The normalized spacial score (nSPS) is 14.6. The van der Waals surface area contributed by atoms with Crippen LogP contribution in [0, 0.1) is 5.92 Å². The summed E-state index contributed by atoms with van der Waals surface area (Å²) in [5.41, 5.74) is 5.90. The van der Waals surface area contributed by atoms with Crippen molar-refractivity contribution in [3.05, 3.63) is 29.8 Å². The molecule has 6 heteroatoms. The maximum absolute atomic E-state index is 12.1. The topological polar surface area (TPSA) is 102 Å². The summed E-state index contributed by atoms with van der Waals surface area (Å²) in [7, 11) is 1.32. The van der Waals surface area contributed by atoms with Gasteiger partial charge in [-0.2, -0.15) is 0 Å². The fourth-order valence-corrected chi connectivity index (χ4v) is 2.37. The summed E-state index contributed by atoms with van der Waals surface area (Å²) in [6.45, 7) is 3.79. The van der Waals surface area contributed by atoms with E-state index in [1.807, 2.05) is 6.92 Å². The van der Waals surface area contributed by atoms with Gasteiger partial charge in [0.05, 0.1) is 18.6 Å². The molecule has 0 aliphatic carbocycles. The summed E-state index contributed by atoms with van der Waals surface area (Å²) in [6.07, 6.45) is 1.77. The van der Waals surface area contributed by atoms with Crippen molar-refractivity contribution in [1.29, 1.82) is 0 Å². The quantitative estimate of drug-likeness (QED) is 0.627. The van der Waals surface area contributed by atoms with Gasteiger partial charge in [-0.3, -0.25) is 9.59 Å². The number of methoxy groups -OCH3 is 1. The van der Waals surface area contributed by atoms with Gasteiger partial charge in [0.1, 0.15) is 5.75 Å². The van der Waals surface area contributed by atoms with E-state index in [9.17, 15) is 14.7 Å². The first-order valence-electron chi connectivity index (χ1n) is 7.73. The molecule has 128 valence electrons. The Labute approximate surface area is 137 Å². The average Bonchev–Trinajstić information content (AvgIpc) is 2.52. The standard InChI is InChI=1S/C17H26N2O4/c1-4-9-17(2,18)16(22)19-11-13(15(21)23-3)10-12-5-7-14(20)8-6-12/h5-8,13,20H,4,9-11,18H2,1-3H3,(H,19,22). The molecule has 23 heavy (non-hydrogen) atoms. The molecule has 0 saturated carbocycles. The van der Waals surface area contributed by atoms with Crippen molar-refractivity contribution in [3.63, 3.8) is 0 Å². The number of nitrogens with two attached hydrogens (primary N) is 1. The molecule has 0 aromatic heterocycles. The second kappa shape index (κ2) is 8.53. The van der Waals surface area contributed by atoms with Crippen LogP contribution in [0.5, 0.6) is 5.75 Å². The van der Waals surface area contributed by atoms with Gasteiger partial charge in [-0.1, -0.05) is 25.5 Å². The van der Waals surface area contributed by atoms with Gasteiger partial charge in [-0.25, -0.2) is 0 Å². The Morgan fingerprint density at radius 3 is 2.48 bits per heavy atom. The molecular formula is C17H26N2O4. The highest BCUT2D eigenvalue weighted by molar-refractivity contribution is 5.86. The molecule has 4 N–H and O–H groups in total. The summed E-state index contributed by atoms with van der Waals surface area (Å²) in [4.78, 5) is 24.1. The Morgan fingerprint density at radius 2 is 1.96 bits per heavy atom. The van der Waals surface area contributed by atoms with Crippen molar-refractivity contribution in [2.75, 3.05) is 13.7 Å². The zero-order chi connectivity index (χ0) is 17.5. The number of hydrogen-bond donors (Lipinski definition) is 3. The first-order chi connectivity index (χ1) is 10.8. The zero-order valence-electron chi connectivity index (χ0n) is 14.0. The Kier molecular flexibility index (Phi) is 7.03. The highest BCUT2D eigenvalue weighted by Crippen LogP contribution is 2.15. The third-order valence-electron chi connectivity index (χ3n) is 3.75. The van der Waals surface area contributed by atoms with E-state index in [-0.39, 0.29) is 18.2 Å². The van der Waals surface area contributed by atoms with E-state index < -0.39 is 17.4 Å². The second-order valence-corrected chi connectivity index (χ2v) is 5.97. The van der Waals surface area contributed by atoms with Gasteiger partial charge in [0.15, 0.2) is 0 Å². The third kappa shape index (κ3) is 5.90. The van der Waals surface area contributed by atoms with E-state index >= 15 is 0 Å². The molecule has 0 aliphatic heterocycles. The first-order valence-corrected chi connectivity index (χ1v) is 7.73. The van der Waals surface area contributed by atoms with Gasteiger partial charge >= 0.3 is 5.97 Å². The van der Waals surface area contributed by atoms with Crippen LogP contribution in [-0.4, -0.2) is 36.2 Å². The van der Waals surface area contributed by atoms with Crippen molar-refractivity contribution in [3.8, 4) is 5.75 Å². The molecular weight excluding hydrogens is 296 g/mol. The van der Waals surface area contributed by atoms with Gasteiger partial charge in [0.2, 0.25) is 5.91 Å². The van der Waals surface area contributed by atoms with Crippen molar-refractivity contribution >= 4 is 11.9 Å². The lowest BCUT2D eigenvalue weighted by molar-refractivity contribution is -0.145. The largest absolute Gasteiger partial charge is 0.508 e. The predicted octanol–water partition coefficient (Wildman–Crippen LogP) is 1.36. The Morgan fingerprint density at radius 1 is 1.35 bits per heavy atom. The summed E-state index contributed by atoms with van der Waals surface area (Å²) in [5.74, 6) is -1.02. The van der Waals surface area contributed by atoms with E-state index in [2.05, 4.69) is 5.32 Å². The number of hydrogen-bond acceptors (Lipinski definition) is 5. The molecule has 2 unspecified atom stereocenters. The third-order valence-corrected chi connectivity index (χ3v) is 3.75. The summed E-state index contributed by atoms with van der Waals surface area (Å²) < 4.78 is 4.80. The van der Waals surface area contributed by atoms with E-state index in [0.29, 0.717) is 12.8 Å². The monoisotopic (exact) mass is 322 g/mol. The van der Waals surface area contributed by atoms with Crippen LogP contribution < -0.4 is 11.1 Å².